The van der Waals surface area contributed by atoms with Crippen molar-refractivity contribution in [2.45, 2.75) is 39.7 Å². The van der Waals surface area contributed by atoms with E-state index in [2.05, 4.69) is 55.8 Å². The van der Waals surface area contributed by atoms with Crippen molar-refractivity contribution in [3.63, 3.8) is 0 Å². The molecule has 176 valence electrons. The van der Waals surface area contributed by atoms with E-state index in [0.29, 0.717) is 10.6 Å². The maximum absolute atomic E-state index is 14.1. The molecule has 0 fully saturated rings. The largest absolute Gasteiger partial charge is 0.406 e. The Morgan fingerprint density at radius 2 is 2.00 bits per heavy atom. The smallest absolute Gasteiger partial charge is 0.150 e. The number of allylic oxidation sites excluding steroid dienone is 2. The summed E-state index contributed by atoms with van der Waals surface area (Å²) in [5.41, 5.74) is 6.80. The number of aromatic nitrogens is 2. The normalized spacial score (nSPS) is 12.8. The van der Waals surface area contributed by atoms with Crippen LogP contribution in [0.2, 0.25) is 10.0 Å². The molecule has 0 amide bonds. The third kappa shape index (κ3) is 4.94. The standard InChI is InChI=1S/C28H27Cl2FN2O/c1-5-17(2)14-22-11-13-33(34-19(4)27-23(29)8-9-24(31)28(27)30)26(22)15-18(3)21-7-6-20-10-12-32-25(20)16-21/h6-13,15-16,19,32H,2,5,14H2,1,3-4H3. The number of benzene rings is 2. The molecule has 6 heteroatoms. The van der Waals surface area contributed by atoms with Crippen molar-refractivity contribution in [3.05, 3.63) is 105 Å². The zero-order valence-corrected chi connectivity index (χ0v) is 21.0. The van der Waals surface area contributed by atoms with Crippen molar-refractivity contribution in [1.82, 2.24) is 9.71 Å². The molecule has 0 saturated heterocycles. The van der Waals surface area contributed by atoms with Gasteiger partial charge >= 0.3 is 0 Å². The van der Waals surface area contributed by atoms with Gasteiger partial charge in [-0.15, -0.1) is 0 Å². The predicted octanol–water partition coefficient (Wildman–Crippen LogP) is 8.67. The number of hydrogen-bond acceptors (Lipinski definition) is 1. The highest BCUT2D eigenvalue weighted by molar-refractivity contribution is 6.36. The summed E-state index contributed by atoms with van der Waals surface area (Å²) in [6.45, 7) is 10.1. The lowest BCUT2D eigenvalue weighted by atomic mass is 10.0. The summed E-state index contributed by atoms with van der Waals surface area (Å²) < 4.78 is 15.8. The van der Waals surface area contributed by atoms with Crippen LogP contribution in [0, 0.1) is 5.82 Å². The van der Waals surface area contributed by atoms with Gasteiger partial charge in [0.1, 0.15) is 5.82 Å². The van der Waals surface area contributed by atoms with Crippen LogP contribution in [0.3, 0.4) is 0 Å². The molecular formula is C28H27Cl2FN2O. The molecule has 0 spiro atoms. The first-order chi connectivity index (χ1) is 16.3. The minimum atomic E-state index is -0.576. The average Bonchev–Trinajstić information content (AvgIpc) is 3.43. The summed E-state index contributed by atoms with van der Waals surface area (Å²) in [5, 5.41) is 1.50. The molecule has 2 heterocycles. The Balaban J connectivity index is 1.73. The van der Waals surface area contributed by atoms with Crippen LogP contribution in [0.4, 0.5) is 4.39 Å². The molecule has 0 bridgehead atoms. The van der Waals surface area contributed by atoms with E-state index in [1.165, 1.54) is 17.5 Å². The third-order valence-electron chi connectivity index (χ3n) is 6.04. The van der Waals surface area contributed by atoms with E-state index in [9.17, 15) is 4.39 Å². The van der Waals surface area contributed by atoms with Crippen LogP contribution < -0.4 is 4.84 Å². The molecule has 3 nitrogen and oxygen atoms in total. The van der Waals surface area contributed by atoms with Crippen LogP contribution in [0.25, 0.3) is 22.6 Å². The summed E-state index contributed by atoms with van der Waals surface area (Å²) in [7, 11) is 0. The SMILES string of the molecule is C=C(CC)Cc1ccn(OC(C)c2c(Cl)ccc(F)c2Cl)c1C=C(C)c1ccc2cc[nH]c2c1. The Morgan fingerprint density at radius 1 is 1.21 bits per heavy atom. The quantitative estimate of drug-likeness (QED) is 0.192. The van der Waals surface area contributed by atoms with Crippen molar-refractivity contribution >= 4 is 45.8 Å². The molecule has 4 rings (SSSR count). The molecule has 1 atom stereocenters. The zero-order valence-electron chi connectivity index (χ0n) is 19.5. The molecule has 4 aromatic rings. The molecule has 1 unspecified atom stereocenters. The Kier molecular flexibility index (Phi) is 7.20. The molecular weight excluding hydrogens is 470 g/mol. The van der Waals surface area contributed by atoms with Gasteiger partial charge in [0.05, 0.1) is 10.7 Å². The number of H-pyrrole nitrogens is 1. The van der Waals surface area contributed by atoms with Gasteiger partial charge < -0.3 is 9.82 Å². The highest BCUT2D eigenvalue weighted by Crippen LogP contribution is 2.34. The second-order valence-corrected chi connectivity index (χ2v) is 9.23. The van der Waals surface area contributed by atoms with E-state index in [1.807, 2.05) is 18.5 Å². The van der Waals surface area contributed by atoms with Gasteiger partial charge in [-0.1, -0.05) is 54.4 Å². The van der Waals surface area contributed by atoms with E-state index >= 15 is 0 Å². The van der Waals surface area contributed by atoms with Gasteiger partial charge in [0.2, 0.25) is 0 Å². The van der Waals surface area contributed by atoms with E-state index in [-0.39, 0.29) is 5.02 Å². The van der Waals surface area contributed by atoms with Crippen LogP contribution in [-0.4, -0.2) is 9.71 Å². The van der Waals surface area contributed by atoms with E-state index < -0.39 is 11.9 Å². The second-order valence-electron chi connectivity index (χ2n) is 8.44. The first-order valence-corrected chi connectivity index (χ1v) is 12.0. The fourth-order valence-electron chi connectivity index (χ4n) is 3.98. The predicted molar refractivity (Wildman–Crippen MR) is 141 cm³/mol. The number of nitrogens with one attached hydrogen (secondary N) is 1. The van der Waals surface area contributed by atoms with Crippen LogP contribution >= 0.6 is 23.2 Å². The van der Waals surface area contributed by atoms with Gasteiger partial charge in [0.15, 0.2) is 6.10 Å². The number of rotatable bonds is 8. The van der Waals surface area contributed by atoms with Gasteiger partial charge in [-0.2, -0.15) is 4.73 Å². The third-order valence-corrected chi connectivity index (χ3v) is 6.75. The summed E-state index contributed by atoms with van der Waals surface area (Å²) in [5.74, 6) is -0.528. The number of halogens is 3. The summed E-state index contributed by atoms with van der Waals surface area (Å²) in [6, 6.07) is 13.2. The number of hydrogen-bond donors (Lipinski definition) is 1. The lowest BCUT2D eigenvalue weighted by Gasteiger charge is -2.20. The number of fused-ring (bicyclic) bond motifs is 1. The Labute approximate surface area is 209 Å². The van der Waals surface area contributed by atoms with Gasteiger partial charge in [-0.3, -0.25) is 0 Å². The molecule has 0 aliphatic heterocycles. The van der Waals surface area contributed by atoms with Crippen molar-refractivity contribution in [1.29, 1.82) is 0 Å². The minimum absolute atomic E-state index is 0.0285. The zero-order chi connectivity index (χ0) is 24.4. The Morgan fingerprint density at radius 3 is 2.76 bits per heavy atom. The first-order valence-electron chi connectivity index (χ1n) is 11.2. The fraction of sp³-hybridized carbons (Fsp3) is 0.214. The van der Waals surface area contributed by atoms with Gasteiger partial charge in [-0.25, -0.2) is 4.39 Å². The number of aromatic amines is 1. The van der Waals surface area contributed by atoms with Crippen molar-refractivity contribution in [2.24, 2.45) is 0 Å². The molecule has 2 aromatic heterocycles. The van der Waals surface area contributed by atoms with E-state index in [4.69, 9.17) is 28.0 Å². The lowest BCUT2D eigenvalue weighted by Crippen LogP contribution is -2.17. The minimum Gasteiger partial charge on any atom is -0.406 e. The molecule has 0 aliphatic rings. The van der Waals surface area contributed by atoms with Crippen LogP contribution in [-0.2, 0) is 6.42 Å². The van der Waals surface area contributed by atoms with Crippen LogP contribution in [0.15, 0.2) is 67.0 Å². The maximum Gasteiger partial charge on any atom is 0.150 e. The highest BCUT2D eigenvalue weighted by atomic mass is 35.5. The molecule has 0 saturated carbocycles. The summed E-state index contributed by atoms with van der Waals surface area (Å²) >= 11 is 12.6. The number of nitrogens with zero attached hydrogens (tertiary/aromatic N) is 1. The van der Waals surface area contributed by atoms with Crippen molar-refractivity contribution in [3.8, 4) is 0 Å². The average molecular weight is 497 g/mol. The van der Waals surface area contributed by atoms with Crippen molar-refractivity contribution in [2.75, 3.05) is 0 Å². The van der Waals surface area contributed by atoms with Gasteiger partial charge in [0.25, 0.3) is 0 Å². The topological polar surface area (TPSA) is 29.9 Å². The fourth-order valence-corrected chi connectivity index (χ4v) is 4.65. The van der Waals surface area contributed by atoms with Crippen molar-refractivity contribution < 1.29 is 9.23 Å². The van der Waals surface area contributed by atoms with E-state index in [0.717, 1.165) is 46.3 Å². The lowest BCUT2D eigenvalue weighted by molar-refractivity contribution is 0.0470. The molecule has 1 N–H and O–H groups in total. The van der Waals surface area contributed by atoms with E-state index in [1.54, 1.807) is 11.7 Å². The molecule has 34 heavy (non-hydrogen) atoms. The second kappa shape index (κ2) is 10.1. The molecule has 2 aromatic carbocycles. The summed E-state index contributed by atoms with van der Waals surface area (Å²) in [6.07, 6.45) is 6.95. The molecule has 0 aliphatic carbocycles. The monoisotopic (exact) mass is 496 g/mol. The van der Waals surface area contributed by atoms with Gasteiger partial charge in [-0.05, 0) is 85.2 Å². The molecule has 0 radical (unpaired) electrons. The van der Waals surface area contributed by atoms with Crippen LogP contribution in [0.5, 0.6) is 0 Å². The van der Waals surface area contributed by atoms with Gasteiger partial charge in [0, 0.05) is 28.5 Å². The maximum atomic E-state index is 14.1. The summed E-state index contributed by atoms with van der Waals surface area (Å²) in [4.78, 5) is 9.50. The highest BCUT2D eigenvalue weighted by Gasteiger charge is 2.20. The van der Waals surface area contributed by atoms with Crippen LogP contribution in [0.1, 0.15) is 55.7 Å². The Bertz CT molecular complexity index is 1380. The first kappa shape index (κ1) is 24.2. The Hall–Kier alpha value is -2.95.